The number of nitrogens with two attached hydrogens (primary N) is 1. The van der Waals surface area contributed by atoms with Crippen molar-refractivity contribution in [3.63, 3.8) is 0 Å². The number of nitrogen functional groups attached to an aromatic ring is 1. The number of hydrogen-bond acceptors (Lipinski definition) is 8. The monoisotopic (exact) mass is 537 g/mol. The second kappa shape index (κ2) is 9.57. The number of hydrogen-bond donors (Lipinski definition) is 2. The molecule has 3 N–H and O–H groups in total. The highest BCUT2D eigenvalue weighted by Gasteiger charge is 2.57. The van der Waals surface area contributed by atoms with Crippen LogP contribution < -0.4 is 30.3 Å². The summed E-state index contributed by atoms with van der Waals surface area (Å²) in [5, 5.41) is 3.30. The van der Waals surface area contributed by atoms with E-state index in [1.165, 1.54) is 14.2 Å². The van der Waals surface area contributed by atoms with Gasteiger partial charge in [-0.3, -0.25) is 4.79 Å². The predicted octanol–water partition coefficient (Wildman–Crippen LogP) is 4.12. The van der Waals surface area contributed by atoms with Crippen LogP contribution in [0.4, 0.5) is 37.3 Å². The molecule has 204 valence electrons. The van der Waals surface area contributed by atoms with Crippen LogP contribution >= 0.6 is 0 Å². The highest BCUT2D eigenvalue weighted by Crippen LogP contribution is 2.55. The van der Waals surface area contributed by atoms with Gasteiger partial charge in [-0.25, -0.2) is 13.8 Å². The van der Waals surface area contributed by atoms with Crippen LogP contribution in [0.2, 0.25) is 0 Å². The molecule has 1 saturated carbocycles. The van der Waals surface area contributed by atoms with Crippen LogP contribution in [0.15, 0.2) is 36.5 Å². The Morgan fingerprint density at radius 1 is 1.05 bits per heavy atom. The summed E-state index contributed by atoms with van der Waals surface area (Å²) in [5.41, 5.74) is 8.72. The van der Waals surface area contributed by atoms with Crippen molar-refractivity contribution in [1.82, 2.24) is 4.98 Å². The summed E-state index contributed by atoms with van der Waals surface area (Å²) in [5.74, 6) is -2.15. The van der Waals surface area contributed by atoms with Gasteiger partial charge in [0, 0.05) is 31.0 Å². The number of amides is 1. The van der Waals surface area contributed by atoms with Crippen LogP contribution in [0.25, 0.3) is 0 Å². The minimum atomic E-state index is -0.953. The van der Waals surface area contributed by atoms with Gasteiger partial charge < -0.3 is 35.1 Å². The molecule has 1 saturated heterocycles. The Kier molecular flexibility index (Phi) is 6.17. The first-order valence-corrected chi connectivity index (χ1v) is 12.8. The molecule has 0 bridgehead atoms. The van der Waals surface area contributed by atoms with Crippen LogP contribution in [-0.2, 0) is 21.5 Å². The van der Waals surface area contributed by atoms with E-state index in [0.29, 0.717) is 48.8 Å². The lowest BCUT2D eigenvalue weighted by molar-refractivity contribution is -0.121. The highest BCUT2D eigenvalue weighted by atomic mass is 19.1. The molecule has 6 rings (SSSR count). The van der Waals surface area contributed by atoms with Gasteiger partial charge in [0.25, 0.3) is 0 Å². The second-order valence-electron chi connectivity index (χ2n) is 9.95. The van der Waals surface area contributed by atoms with E-state index in [0.717, 1.165) is 35.3 Å². The van der Waals surface area contributed by atoms with Crippen molar-refractivity contribution >= 4 is 34.5 Å². The van der Waals surface area contributed by atoms with Crippen molar-refractivity contribution in [2.24, 2.45) is 0 Å². The maximum Gasteiger partial charge on any atom is 0.238 e. The summed E-state index contributed by atoms with van der Waals surface area (Å²) in [7, 11) is 2.55. The lowest BCUT2D eigenvalue weighted by Gasteiger charge is -2.35. The number of carbonyl (C=O) groups is 1. The second-order valence-corrected chi connectivity index (χ2v) is 9.95. The molecule has 1 aromatic heterocycles. The molecule has 2 aliphatic heterocycles. The standard InChI is InChI=1S/C28H29F2N5O4/c1-37-21-13-22(38-2)25(30)26(24(21)29)35-15-16-14-32-23(12-18(16)28(5-6-28)27(35)36)33-20-11-17(3-4-19(20)31)34-7-9-39-10-8-34/h3-4,11-14H,5-10,15,31H2,1-2H3,(H,32,33). The van der Waals surface area contributed by atoms with Crippen LogP contribution in [0.5, 0.6) is 11.5 Å². The molecule has 2 fully saturated rings. The molecule has 1 spiro atoms. The molecule has 11 heteroatoms. The molecule has 0 radical (unpaired) electrons. The fourth-order valence-corrected chi connectivity index (χ4v) is 5.45. The summed E-state index contributed by atoms with van der Waals surface area (Å²) >= 11 is 0. The van der Waals surface area contributed by atoms with Gasteiger partial charge in [-0.05, 0) is 48.2 Å². The van der Waals surface area contributed by atoms with E-state index in [2.05, 4.69) is 15.2 Å². The van der Waals surface area contributed by atoms with Gasteiger partial charge in [0.1, 0.15) is 11.5 Å². The van der Waals surface area contributed by atoms with E-state index < -0.39 is 22.7 Å². The number of fused-ring (bicyclic) bond motifs is 2. The number of methoxy groups -OCH3 is 2. The number of nitrogens with one attached hydrogen (secondary N) is 1. The lowest BCUT2D eigenvalue weighted by Crippen LogP contribution is -2.45. The molecule has 3 aromatic rings. The molecule has 0 atom stereocenters. The zero-order valence-electron chi connectivity index (χ0n) is 21.7. The van der Waals surface area contributed by atoms with Crippen molar-refractivity contribution in [3.8, 4) is 11.5 Å². The fraction of sp³-hybridized carbons (Fsp3) is 0.357. The topological polar surface area (TPSA) is 102 Å². The Bertz CT molecular complexity index is 1430. The lowest BCUT2D eigenvalue weighted by atomic mass is 9.86. The number of carbonyl (C=O) groups excluding carboxylic acids is 1. The Labute approximate surface area is 224 Å². The van der Waals surface area contributed by atoms with Gasteiger partial charge in [0.2, 0.25) is 5.91 Å². The first-order valence-electron chi connectivity index (χ1n) is 12.8. The molecule has 39 heavy (non-hydrogen) atoms. The zero-order chi connectivity index (χ0) is 27.3. The molecule has 2 aromatic carbocycles. The predicted molar refractivity (Wildman–Crippen MR) is 143 cm³/mol. The molecule has 1 aliphatic carbocycles. The Morgan fingerprint density at radius 3 is 2.38 bits per heavy atom. The third-order valence-corrected chi connectivity index (χ3v) is 7.73. The van der Waals surface area contributed by atoms with Crippen molar-refractivity contribution in [1.29, 1.82) is 0 Å². The third-order valence-electron chi connectivity index (χ3n) is 7.73. The summed E-state index contributed by atoms with van der Waals surface area (Å²) in [6.07, 6.45) is 2.78. The number of anilines is 5. The first kappa shape index (κ1) is 25.2. The number of rotatable bonds is 6. The van der Waals surface area contributed by atoms with E-state index in [9.17, 15) is 4.79 Å². The van der Waals surface area contributed by atoms with E-state index in [-0.39, 0.29) is 24.0 Å². The minimum absolute atomic E-state index is 0.0397. The summed E-state index contributed by atoms with van der Waals surface area (Å²) < 4.78 is 46.2. The highest BCUT2D eigenvalue weighted by molar-refractivity contribution is 6.05. The Hall–Kier alpha value is -4.12. The maximum atomic E-state index is 15.3. The van der Waals surface area contributed by atoms with Gasteiger partial charge in [-0.2, -0.15) is 0 Å². The van der Waals surface area contributed by atoms with Gasteiger partial charge in [-0.1, -0.05) is 0 Å². The van der Waals surface area contributed by atoms with E-state index in [4.69, 9.17) is 19.9 Å². The number of aromatic nitrogens is 1. The fourth-order valence-electron chi connectivity index (χ4n) is 5.45. The quantitative estimate of drug-likeness (QED) is 0.453. The number of pyridine rings is 1. The number of ether oxygens (including phenoxy) is 3. The van der Waals surface area contributed by atoms with Gasteiger partial charge >= 0.3 is 0 Å². The number of morpholine rings is 1. The molecule has 1 amide bonds. The van der Waals surface area contributed by atoms with Gasteiger partial charge in [0.05, 0.1) is 50.8 Å². The van der Waals surface area contributed by atoms with Gasteiger partial charge in [-0.15, -0.1) is 0 Å². The SMILES string of the molecule is COc1cc(OC)c(F)c(N2Cc3cnc(Nc4cc(N5CCOCC5)ccc4N)cc3C3(CC3)C2=O)c1F. The van der Waals surface area contributed by atoms with Gasteiger partial charge in [0.15, 0.2) is 23.1 Å². The number of halogens is 2. The molecular formula is C28H29F2N5O4. The number of benzene rings is 2. The molecule has 3 heterocycles. The zero-order valence-corrected chi connectivity index (χ0v) is 21.7. The minimum Gasteiger partial charge on any atom is -0.493 e. The first-order chi connectivity index (χ1) is 18.9. The maximum absolute atomic E-state index is 15.3. The van der Waals surface area contributed by atoms with Crippen LogP contribution in [0.1, 0.15) is 24.0 Å². The van der Waals surface area contributed by atoms with Crippen LogP contribution in [0.3, 0.4) is 0 Å². The molecule has 3 aliphatic rings. The summed E-state index contributed by atoms with van der Waals surface area (Å²) in [6, 6.07) is 8.77. The average molecular weight is 538 g/mol. The normalized spacial score (nSPS) is 17.7. The Morgan fingerprint density at radius 2 is 1.74 bits per heavy atom. The Balaban J connectivity index is 1.33. The van der Waals surface area contributed by atoms with E-state index in [1.54, 1.807) is 6.20 Å². The summed E-state index contributed by atoms with van der Waals surface area (Å²) in [4.78, 5) is 21.7. The average Bonchev–Trinajstić information content (AvgIpc) is 3.75. The van der Waals surface area contributed by atoms with E-state index in [1.807, 2.05) is 24.3 Å². The number of nitrogens with zero attached hydrogens (tertiary/aromatic N) is 3. The molecular weight excluding hydrogens is 508 g/mol. The van der Waals surface area contributed by atoms with E-state index >= 15 is 8.78 Å². The molecule has 9 nitrogen and oxygen atoms in total. The summed E-state index contributed by atoms with van der Waals surface area (Å²) in [6.45, 7) is 2.89. The van der Waals surface area contributed by atoms with Crippen molar-refractivity contribution in [2.45, 2.75) is 24.8 Å². The van der Waals surface area contributed by atoms with Crippen molar-refractivity contribution < 1.29 is 27.8 Å². The molecule has 0 unspecified atom stereocenters. The van der Waals surface area contributed by atoms with Crippen LogP contribution in [-0.4, -0.2) is 51.4 Å². The smallest absolute Gasteiger partial charge is 0.238 e. The van der Waals surface area contributed by atoms with Crippen molar-refractivity contribution in [3.05, 3.63) is 59.3 Å². The third kappa shape index (κ3) is 4.17. The van der Waals surface area contributed by atoms with Crippen LogP contribution in [0, 0.1) is 11.6 Å². The largest absolute Gasteiger partial charge is 0.493 e. The van der Waals surface area contributed by atoms with Crippen molar-refractivity contribution in [2.75, 3.05) is 61.4 Å².